The lowest BCUT2D eigenvalue weighted by Crippen LogP contribution is -2.11. The molecule has 0 atom stereocenters. The molecule has 0 aliphatic carbocycles. The highest BCUT2D eigenvalue weighted by molar-refractivity contribution is 9.10. The van der Waals surface area contributed by atoms with Gasteiger partial charge in [-0.05, 0) is 58.4 Å². The van der Waals surface area contributed by atoms with Crippen LogP contribution in [0.1, 0.15) is 10.4 Å². The Bertz CT molecular complexity index is 797. The minimum atomic E-state index is -0.413. The fourth-order valence-electron chi connectivity index (χ4n) is 1.97. The van der Waals surface area contributed by atoms with Crippen LogP contribution in [0.4, 0.5) is 10.1 Å². The first-order chi connectivity index (χ1) is 9.63. The van der Waals surface area contributed by atoms with E-state index >= 15 is 0 Å². The quantitative estimate of drug-likeness (QED) is 0.721. The molecule has 2 aromatic carbocycles. The molecule has 0 aliphatic heterocycles. The van der Waals surface area contributed by atoms with Crippen LogP contribution in [0.5, 0.6) is 0 Å². The SMILES string of the molecule is O=C(Nc1ccc(Br)c(F)c1)c1ccc2[nH]ccc2c1. The van der Waals surface area contributed by atoms with Crippen molar-refractivity contribution in [2.75, 3.05) is 5.32 Å². The Kier molecular flexibility index (Phi) is 3.28. The molecule has 0 fully saturated rings. The van der Waals surface area contributed by atoms with Crippen molar-refractivity contribution in [3.05, 3.63) is 64.5 Å². The van der Waals surface area contributed by atoms with Gasteiger partial charge in [0.25, 0.3) is 5.91 Å². The third kappa shape index (κ3) is 2.44. The van der Waals surface area contributed by atoms with Gasteiger partial charge in [-0.15, -0.1) is 0 Å². The van der Waals surface area contributed by atoms with Crippen LogP contribution in [-0.2, 0) is 0 Å². The molecule has 0 saturated heterocycles. The molecule has 3 aromatic rings. The zero-order valence-electron chi connectivity index (χ0n) is 10.3. The van der Waals surface area contributed by atoms with Gasteiger partial charge in [0.05, 0.1) is 4.47 Å². The van der Waals surface area contributed by atoms with Crippen LogP contribution in [0, 0.1) is 5.82 Å². The summed E-state index contributed by atoms with van der Waals surface area (Å²) in [6.45, 7) is 0. The molecule has 5 heteroatoms. The molecule has 3 rings (SSSR count). The number of aromatic amines is 1. The van der Waals surface area contributed by atoms with Crippen LogP contribution in [0.3, 0.4) is 0 Å². The zero-order valence-corrected chi connectivity index (χ0v) is 11.9. The number of nitrogens with one attached hydrogen (secondary N) is 2. The van der Waals surface area contributed by atoms with E-state index in [0.29, 0.717) is 15.7 Å². The van der Waals surface area contributed by atoms with Crippen LogP contribution >= 0.6 is 15.9 Å². The number of carbonyl (C=O) groups excluding carboxylic acids is 1. The summed E-state index contributed by atoms with van der Waals surface area (Å²) in [6, 6.07) is 11.7. The summed E-state index contributed by atoms with van der Waals surface area (Å²) >= 11 is 3.07. The monoisotopic (exact) mass is 332 g/mol. The number of halogens is 2. The minimum absolute atomic E-state index is 0.269. The number of H-pyrrole nitrogens is 1. The number of fused-ring (bicyclic) bond motifs is 1. The fraction of sp³-hybridized carbons (Fsp3) is 0. The fourth-order valence-corrected chi connectivity index (χ4v) is 2.22. The molecule has 20 heavy (non-hydrogen) atoms. The normalized spacial score (nSPS) is 10.7. The predicted molar refractivity (Wildman–Crippen MR) is 80.4 cm³/mol. The van der Waals surface area contributed by atoms with E-state index in [1.807, 2.05) is 18.3 Å². The molecular formula is C15H10BrFN2O. The maximum Gasteiger partial charge on any atom is 0.255 e. The van der Waals surface area contributed by atoms with E-state index in [0.717, 1.165) is 10.9 Å². The largest absolute Gasteiger partial charge is 0.361 e. The number of carbonyl (C=O) groups is 1. The zero-order chi connectivity index (χ0) is 14.1. The highest BCUT2D eigenvalue weighted by Gasteiger charge is 2.08. The van der Waals surface area contributed by atoms with Crippen molar-refractivity contribution in [2.24, 2.45) is 0 Å². The number of hydrogen-bond donors (Lipinski definition) is 2. The predicted octanol–water partition coefficient (Wildman–Crippen LogP) is 4.32. The molecule has 3 nitrogen and oxygen atoms in total. The van der Waals surface area contributed by atoms with Crippen LogP contribution < -0.4 is 5.32 Å². The number of anilines is 1. The molecule has 0 aliphatic rings. The Hall–Kier alpha value is -2.14. The first-order valence-corrected chi connectivity index (χ1v) is 6.76. The molecule has 1 heterocycles. The molecular weight excluding hydrogens is 323 g/mol. The Morgan fingerprint density at radius 3 is 2.80 bits per heavy atom. The second-order valence-electron chi connectivity index (χ2n) is 4.36. The lowest BCUT2D eigenvalue weighted by molar-refractivity contribution is 0.102. The van der Waals surface area contributed by atoms with Gasteiger partial charge >= 0.3 is 0 Å². The maximum absolute atomic E-state index is 13.4. The molecule has 0 unspecified atom stereocenters. The van der Waals surface area contributed by atoms with E-state index in [9.17, 15) is 9.18 Å². The van der Waals surface area contributed by atoms with Crippen molar-refractivity contribution in [2.45, 2.75) is 0 Å². The average molecular weight is 333 g/mol. The summed E-state index contributed by atoms with van der Waals surface area (Å²) in [5, 5.41) is 3.63. The topological polar surface area (TPSA) is 44.9 Å². The van der Waals surface area contributed by atoms with E-state index in [1.165, 1.54) is 6.07 Å². The van der Waals surface area contributed by atoms with Gasteiger partial charge in [0.2, 0.25) is 0 Å². The van der Waals surface area contributed by atoms with Crippen molar-refractivity contribution in [3.8, 4) is 0 Å². The molecule has 1 aromatic heterocycles. The standard InChI is InChI=1S/C15H10BrFN2O/c16-12-3-2-11(8-13(12)17)19-15(20)10-1-4-14-9(7-10)5-6-18-14/h1-8,18H,(H,19,20). The van der Waals surface area contributed by atoms with Gasteiger partial charge in [-0.3, -0.25) is 4.79 Å². The van der Waals surface area contributed by atoms with Crippen LogP contribution in [0.15, 0.2) is 53.1 Å². The Morgan fingerprint density at radius 2 is 2.00 bits per heavy atom. The van der Waals surface area contributed by atoms with Crippen LogP contribution in [0.2, 0.25) is 0 Å². The molecule has 0 spiro atoms. The van der Waals surface area contributed by atoms with Crippen molar-refractivity contribution in [1.29, 1.82) is 0 Å². The molecule has 2 N–H and O–H groups in total. The van der Waals surface area contributed by atoms with Gasteiger partial charge in [0.1, 0.15) is 5.82 Å². The second kappa shape index (κ2) is 5.09. The number of amides is 1. The smallest absolute Gasteiger partial charge is 0.255 e. The average Bonchev–Trinajstić information content (AvgIpc) is 2.90. The molecule has 1 amide bonds. The van der Waals surface area contributed by atoms with E-state index in [2.05, 4.69) is 26.2 Å². The Labute approximate surface area is 122 Å². The number of rotatable bonds is 2. The number of benzene rings is 2. The van der Waals surface area contributed by atoms with Crippen LogP contribution in [-0.4, -0.2) is 10.9 Å². The lowest BCUT2D eigenvalue weighted by atomic mass is 10.1. The van der Waals surface area contributed by atoms with Gasteiger partial charge in [-0.2, -0.15) is 0 Å². The van der Waals surface area contributed by atoms with E-state index < -0.39 is 5.82 Å². The summed E-state index contributed by atoms with van der Waals surface area (Å²) < 4.78 is 13.8. The van der Waals surface area contributed by atoms with Gasteiger partial charge < -0.3 is 10.3 Å². The number of aromatic nitrogens is 1. The maximum atomic E-state index is 13.4. The highest BCUT2D eigenvalue weighted by atomic mass is 79.9. The Morgan fingerprint density at radius 1 is 1.15 bits per heavy atom. The highest BCUT2D eigenvalue weighted by Crippen LogP contribution is 2.20. The lowest BCUT2D eigenvalue weighted by Gasteiger charge is -2.06. The molecule has 0 bridgehead atoms. The summed E-state index contributed by atoms with van der Waals surface area (Å²) in [7, 11) is 0. The molecule has 0 radical (unpaired) electrons. The second-order valence-corrected chi connectivity index (χ2v) is 5.22. The van der Waals surface area contributed by atoms with E-state index in [-0.39, 0.29) is 5.91 Å². The first-order valence-electron chi connectivity index (χ1n) is 5.97. The molecule has 0 saturated carbocycles. The van der Waals surface area contributed by atoms with Crippen LogP contribution in [0.25, 0.3) is 10.9 Å². The van der Waals surface area contributed by atoms with Crippen molar-refractivity contribution in [3.63, 3.8) is 0 Å². The van der Waals surface area contributed by atoms with Crippen molar-refractivity contribution in [1.82, 2.24) is 4.98 Å². The van der Waals surface area contributed by atoms with Gasteiger partial charge in [0.15, 0.2) is 0 Å². The number of hydrogen-bond acceptors (Lipinski definition) is 1. The minimum Gasteiger partial charge on any atom is -0.361 e. The third-order valence-electron chi connectivity index (χ3n) is 2.99. The first kappa shape index (κ1) is 12.9. The van der Waals surface area contributed by atoms with E-state index in [1.54, 1.807) is 24.3 Å². The van der Waals surface area contributed by atoms with Gasteiger partial charge in [-0.1, -0.05) is 0 Å². The van der Waals surface area contributed by atoms with Crippen molar-refractivity contribution < 1.29 is 9.18 Å². The third-order valence-corrected chi connectivity index (χ3v) is 3.64. The Balaban J connectivity index is 1.86. The van der Waals surface area contributed by atoms with E-state index in [4.69, 9.17) is 0 Å². The van der Waals surface area contributed by atoms with Crippen molar-refractivity contribution >= 4 is 38.4 Å². The summed E-state index contributed by atoms with van der Waals surface area (Å²) in [6.07, 6.45) is 1.82. The summed E-state index contributed by atoms with van der Waals surface area (Å²) in [5.74, 6) is -0.682. The molecule has 100 valence electrons. The summed E-state index contributed by atoms with van der Waals surface area (Å²) in [4.78, 5) is 15.2. The summed E-state index contributed by atoms with van der Waals surface area (Å²) in [5.41, 5.74) is 1.92. The van der Waals surface area contributed by atoms with Gasteiger partial charge in [0, 0.05) is 28.4 Å². The van der Waals surface area contributed by atoms with Gasteiger partial charge in [-0.25, -0.2) is 4.39 Å².